The van der Waals surface area contributed by atoms with Crippen molar-refractivity contribution in [2.75, 3.05) is 5.88 Å². The molecule has 0 heterocycles. The predicted molar refractivity (Wildman–Crippen MR) is 28.9 cm³/mol. The molecule has 5 heavy (non-hydrogen) atoms. The van der Waals surface area contributed by atoms with E-state index >= 15 is 0 Å². The first-order valence-corrected chi connectivity index (χ1v) is 3.60. The topological polar surface area (TPSA) is 0 Å². The highest BCUT2D eigenvalue weighted by atomic mass is 35.5. The largest absolute Gasteiger partial charge is 0.242 e. The van der Waals surface area contributed by atoms with Crippen LogP contribution in [0.1, 0.15) is 0 Å². The quantitative estimate of drug-likeness (QED) is 0.353. The van der Waals surface area contributed by atoms with Gasteiger partial charge in [0.05, 0.1) is 0 Å². The molecule has 0 saturated carbocycles. The van der Waals surface area contributed by atoms with Gasteiger partial charge in [-0.25, -0.2) is 0 Å². The standard InChI is InChI=1S/C2H3Cl2.Al.2H/c3-1-2-4;;;/h1H,2H2;;;. The van der Waals surface area contributed by atoms with Crippen LogP contribution in [0.25, 0.3) is 0 Å². The Kier molecular flexibility index (Phi) is 4.04. The second-order valence-corrected chi connectivity index (χ2v) is 4.11. The fourth-order valence-electron chi connectivity index (χ4n) is 0. The van der Waals surface area contributed by atoms with Gasteiger partial charge in [-0.15, -0.1) is 23.2 Å². The lowest BCUT2D eigenvalue weighted by molar-refractivity contribution is 1.40. The molecule has 0 aliphatic carbocycles. The maximum Gasteiger partial charge on any atom is 0.242 e. The molecule has 0 radical (unpaired) electrons. The maximum absolute atomic E-state index is 5.39. The molecule has 0 aromatic rings. The zero-order chi connectivity index (χ0) is 4.28. The molecule has 0 bridgehead atoms. The van der Waals surface area contributed by atoms with Gasteiger partial charge in [0.15, 0.2) is 0 Å². The lowest BCUT2D eigenvalue weighted by Crippen LogP contribution is -1.95. The van der Waals surface area contributed by atoms with Crippen molar-refractivity contribution in [1.82, 2.24) is 0 Å². The summed E-state index contributed by atoms with van der Waals surface area (Å²) in [7, 11) is 0. The number of alkyl halides is 2. The van der Waals surface area contributed by atoms with Crippen LogP contribution in [-0.4, -0.2) is 26.4 Å². The molecule has 3 heteroatoms. The van der Waals surface area contributed by atoms with E-state index < -0.39 is 0 Å². The van der Waals surface area contributed by atoms with Gasteiger partial charge in [-0.05, 0) is 4.24 Å². The van der Waals surface area contributed by atoms with Crippen LogP contribution in [0, 0.1) is 0 Å². The molecule has 0 aromatic carbocycles. The normalized spacial score (nSPS) is 14.8. The summed E-state index contributed by atoms with van der Waals surface area (Å²) in [6.07, 6.45) is 0. The molecule has 1 atom stereocenters. The second kappa shape index (κ2) is 3.31. The SMILES string of the molecule is [AlH2][CH](Cl)CCl. The maximum atomic E-state index is 5.39. The van der Waals surface area contributed by atoms with Crippen molar-refractivity contribution in [2.24, 2.45) is 0 Å². The van der Waals surface area contributed by atoms with Gasteiger partial charge in [-0.3, -0.25) is 0 Å². The van der Waals surface area contributed by atoms with Crippen molar-refractivity contribution in [3.05, 3.63) is 0 Å². The molecule has 1 unspecified atom stereocenters. The molecule has 0 aliphatic heterocycles. The summed E-state index contributed by atoms with van der Waals surface area (Å²) in [5, 5.41) is 0. The van der Waals surface area contributed by atoms with E-state index in [2.05, 4.69) is 0 Å². The predicted octanol–water partition coefficient (Wildman–Crippen LogP) is 0.423. The summed E-state index contributed by atoms with van der Waals surface area (Å²) < 4.78 is 0.261. The fourth-order valence-corrected chi connectivity index (χ4v) is 0. The summed E-state index contributed by atoms with van der Waals surface area (Å²) in [5.41, 5.74) is 0. The second-order valence-electron chi connectivity index (χ2n) is 0.935. The third kappa shape index (κ3) is 5.11. The number of rotatable bonds is 1. The van der Waals surface area contributed by atoms with Crippen molar-refractivity contribution in [1.29, 1.82) is 0 Å². The minimum Gasteiger partial charge on any atom is -0.139 e. The van der Waals surface area contributed by atoms with Crippen LogP contribution < -0.4 is 0 Å². The Balaban J connectivity index is 2.54. The molecule has 0 nitrogen and oxygen atoms in total. The summed E-state index contributed by atoms with van der Waals surface area (Å²) in [5.74, 6) is 0.605. The van der Waals surface area contributed by atoms with E-state index in [0.29, 0.717) is 5.88 Å². The summed E-state index contributed by atoms with van der Waals surface area (Å²) in [4.78, 5) is 0. The van der Waals surface area contributed by atoms with E-state index in [-0.39, 0.29) is 4.24 Å². The third-order valence-corrected chi connectivity index (χ3v) is 1.91. The summed E-state index contributed by atoms with van der Waals surface area (Å²) in [6, 6.07) is 0. The van der Waals surface area contributed by atoms with E-state index in [1.807, 2.05) is 0 Å². The average molecular weight is 127 g/mol. The van der Waals surface area contributed by atoms with Gasteiger partial charge in [0, 0.05) is 5.88 Å². The Morgan fingerprint density at radius 2 is 2.00 bits per heavy atom. The Morgan fingerprint density at radius 1 is 1.80 bits per heavy atom. The monoisotopic (exact) mass is 126 g/mol. The molecule has 0 saturated heterocycles. The fraction of sp³-hybridized carbons (Fsp3) is 1.00. The van der Waals surface area contributed by atoms with E-state index in [0.717, 1.165) is 16.3 Å². The highest BCUT2D eigenvalue weighted by Gasteiger charge is 1.86. The smallest absolute Gasteiger partial charge is 0.139 e. The number of hydrogen-bond donors (Lipinski definition) is 0. The first-order chi connectivity index (χ1) is 2.27. The Labute approximate surface area is 49.9 Å². The van der Waals surface area contributed by atoms with Crippen LogP contribution in [0.15, 0.2) is 0 Å². The first kappa shape index (κ1) is 6.11. The van der Waals surface area contributed by atoms with Gasteiger partial charge >= 0.3 is 0 Å². The van der Waals surface area contributed by atoms with Gasteiger partial charge in [-0.1, -0.05) is 0 Å². The van der Waals surface area contributed by atoms with Crippen LogP contribution in [0.5, 0.6) is 0 Å². The molecule has 30 valence electrons. The molecule has 0 aliphatic rings. The van der Waals surface area contributed by atoms with Crippen molar-refractivity contribution in [2.45, 2.75) is 4.24 Å². The van der Waals surface area contributed by atoms with Crippen LogP contribution >= 0.6 is 23.2 Å². The average Bonchev–Trinajstić information content (AvgIpc) is 1.38. The van der Waals surface area contributed by atoms with Crippen LogP contribution in [0.4, 0.5) is 0 Å². The first-order valence-electron chi connectivity index (χ1n) is 1.47. The molecule has 0 amide bonds. The van der Waals surface area contributed by atoms with Crippen molar-refractivity contribution < 1.29 is 0 Å². The highest BCUT2D eigenvalue weighted by Crippen LogP contribution is 1.88. The van der Waals surface area contributed by atoms with Crippen molar-refractivity contribution >= 4 is 39.5 Å². The van der Waals surface area contributed by atoms with E-state index in [9.17, 15) is 0 Å². The van der Waals surface area contributed by atoms with Gasteiger partial charge in [0.25, 0.3) is 0 Å². The molecular weight excluding hydrogens is 122 g/mol. The summed E-state index contributed by atoms with van der Waals surface area (Å²) in [6.45, 7) is 0. The Bertz CT molecular complexity index is 21.6. The number of halogens is 2. The summed E-state index contributed by atoms with van der Waals surface area (Å²) >= 11 is 11.6. The van der Waals surface area contributed by atoms with Crippen molar-refractivity contribution in [3.8, 4) is 0 Å². The van der Waals surface area contributed by atoms with Gasteiger partial charge in [0.2, 0.25) is 16.3 Å². The lowest BCUT2D eigenvalue weighted by Gasteiger charge is -1.85. The number of hydrogen-bond acceptors (Lipinski definition) is 0. The van der Waals surface area contributed by atoms with Gasteiger partial charge in [-0.2, -0.15) is 0 Å². The Morgan fingerprint density at radius 3 is 2.00 bits per heavy atom. The third-order valence-electron chi connectivity index (χ3n) is 0.213. The minimum atomic E-state index is 0.261. The lowest BCUT2D eigenvalue weighted by atomic mass is 10.9. The van der Waals surface area contributed by atoms with Crippen LogP contribution in [0.3, 0.4) is 0 Å². The zero-order valence-corrected chi connectivity index (χ0v) is 6.55. The molecule has 0 rings (SSSR count). The molecule has 0 fully saturated rings. The highest BCUT2D eigenvalue weighted by molar-refractivity contribution is 6.44. The van der Waals surface area contributed by atoms with E-state index in [4.69, 9.17) is 23.2 Å². The molecule has 0 N–H and O–H groups in total. The zero-order valence-electron chi connectivity index (χ0n) is 3.04. The van der Waals surface area contributed by atoms with Gasteiger partial charge < -0.3 is 0 Å². The molecule has 0 aromatic heterocycles. The van der Waals surface area contributed by atoms with Crippen LogP contribution in [0.2, 0.25) is 0 Å². The van der Waals surface area contributed by atoms with Gasteiger partial charge in [0.1, 0.15) is 0 Å². The van der Waals surface area contributed by atoms with E-state index in [1.165, 1.54) is 0 Å². The minimum absolute atomic E-state index is 0.261. The van der Waals surface area contributed by atoms with Crippen molar-refractivity contribution in [3.63, 3.8) is 0 Å². The van der Waals surface area contributed by atoms with E-state index in [1.54, 1.807) is 0 Å². The molecule has 0 spiro atoms. The Hall–Kier alpha value is 1.11. The molecular formula is C2H5AlCl2. The van der Waals surface area contributed by atoms with Crippen LogP contribution in [-0.2, 0) is 0 Å².